The molecule has 0 saturated carbocycles. The number of likely N-dealkylation sites (tertiary alicyclic amines) is 1. The molecule has 1 saturated heterocycles. The van der Waals surface area contributed by atoms with Crippen LogP contribution in [-0.2, 0) is 9.53 Å². The Balaban J connectivity index is 2.10. The van der Waals surface area contributed by atoms with Crippen molar-refractivity contribution in [3.63, 3.8) is 0 Å². The van der Waals surface area contributed by atoms with Gasteiger partial charge in [-0.3, -0.25) is 9.80 Å². The molecule has 2 aliphatic rings. The highest BCUT2D eigenvalue weighted by Crippen LogP contribution is 2.34. The van der Waals surface area contributed by atoms with E-state index < -0.39 is 6.04 Å². The van der Waals surface area contributed by atoms with Crippen LogP contribution in [0.25, 0.3) is 0 Å². The van der Waals surface area contributed by atoms with Crippen molar-refractivity contribution >= 4 is 12.0 Å². The third-order valence-electron chi connectivity index (χ3n) is 5.97. The second-order valence-electron chi connectivity index (χ2n) is 7.80. The van der Waals surface area contributed by atoms with Gasteiger partial charge in [0.05, 0.1) is 25.3 Å². The predicted octanol–water partition coefficient (Wildman–Crippen LogP) is 3.47. The summed E-state index contributed by atoms with van der Waals surface area (Å²) >= 11 is 0. The van der Waals surface area contributed by atoms with Crippen LogP contribution < -0.4 is 10.1 Å². The number of rotatable bonds is 7. The van der Waals surface area contributed by atoms with Crippen molar-refractivity contribution in [3.8, 4) is 5.75 Å². The summed E-state index contributed by atoms with van der Waals surface area (Å²) in [5, 5.41) is 3.01. The van der Waals surface area contributed by atoms with Crippen molar-refractivity contribution in [3.05, 3.63) is 41.1 Å². The third-order valence-corrected chi connectivity index (χ3v) is 5.97. The van der Waals surface area contributed by atoms with Gasteiger partial charge in [-0.1, -0.05) is 18.6 Å². The lowest BCUT2D eigenvalue weighted by atomic mass is 9.93. The SMILES string of the molecule is CCOC(=O)C1=C(CN2CCCCC2C)N(CC)C(=O)NC1c1cccc(OC)c1. The van der Waals surface area contributed by atoms with E-state index in [-0.39, 0.29) is 18.6 Å². The van der Waals surface area contributed by atoms with Gasteiger partial charge in [0.1, 0.15) is 5.75 Å². The summed E-state index contributed by atoms with van der Waals surface area (Å²) in [4.78, 5) is 30.2. The zero-order valence-electron chi connectivity index (χ0n) is 18.4. The average molecular weight is 416 g/mol. The van der Waals surface area contributed by atoms with Gasteiger partial charge >= 0.3 is 12.0 Å². The largest absolute Gasteiger partial charge is 0.497 e. The highest BCUT2D eigenvalue weighted by Gasteiger charge is 2.38. The summed E-state index contributed by atoms with van der Waals surface area (Å²) in [7, 11) is 1.60. The van der Waals surface area contributed by atoms with Gasteiger partial charge in [0.2, 0.25) is 0 Å². The Labute approximate surface area is 179 Å². The molecule has 1 aromatic carbocycles. The lowest BCUT2D eigenvalue weighted by molar-refractivity contribution is -0.139. The van der Waals surface area contributed by atoms with Gasteiger partial charge in [-0.2, -0.15) is 0 Å². The number of nitrogens with zero attached hydrogens (tertiary/aromatic N) is 2. The van der Waals surface area contributed by atoms with Gasteiger partial charge in [0.15, 0.2) is 0 Å². The normalized spacial score (nSPS) is 22.7. The number of methoxy groups -OCH3 is 1. The summed E-state index contributed by atoms with van der Waals surface area (Å²) in [6, 6.07) is 7.09. The molecule has 1 aromatic rings. The zero-order chi connectivity index (χ0) is 21.7. The first kappa shape index (κ1) is 22.2. The average Bonchev–Trinajstić information content (AvgIpc) is 2.75. The van der Waals surface area contributed by atoms with Crippen LogP contribution in [0.1, 0.15) is 51.6 Å². The van der Waals surface area contributed by atoms with Crippen LogP contribution in [0.3, 0.4) is 0 Å². The number of carbonyl (C=O) groups excluding carboxylic acids is 2. The van der Waals surface area contributed by atoms with E-state index >= 15 is 0 Å². The third kappa shape index (κ3) is 4.61. The second-order valence-corrected chi connectivity index (χ2v) is 7.80. The van der Waals surface area contributed by atoms with E-state index in [1.807, 2.05) is 31.2 Å². The van der Waals surface area contributed by atoms with E-state index in [1.54, 1.807) is 18.9 Å². The lowest BCUT2D eigenvalue weighted by Gasteiger charge is -2.40. The van der Waals surface area contributed by atoms with Crippen molar-refractivity contribution in [1.82, 2.24) is 15.1 Å². The van der Waals surface area contributed by atoms with E-state index in [0.717, 1.165) is 30.6 Å². The van der Waals surface area contributed by atoms with Crippen LogP contribution >= 0.6 is 0 Å². The molecule has 164 valence electrons. The Morgan fingerprint density at radius 3 is 2.73 bits per heavy atom. The first-order valence-corrected chi connectivity index (χ1v) is 10.9. The van der Waals surface area contributed by atoms with Crippen LogP contribution in [0, 0.1) is 0 Å². The Morgan fingerprint density at radius 2 is 2.07 bits per heavy atom. The molecule has 0 bridgehead atoms. The van der Waals surface area contributed by atoms with Gasteiger partial charge in [-0.05, 0) is 57.9 Å². The molecule has 1 N–H and O–H groups in total. The van der Waals surface area contributed by atoms with Crippen molar-refractivity contribution in [1.29, 1.82) is 0 Å². The van der Waals surface area contributed by atoms with Gasteiger partial charge in [0.25, 0.3) is 0 Å². The number of ether oxygens (including phenoxy) is 2. The first-order chi connectivity index (χ1) is 14.5. The van der Waals surface area contributed by atoms with E-state index in [9.17, 15) is 9.59 Å². The molecule has 2 aliphatic heterocycles. The van der Waals surface area contributed by atoms with Crippen LogP contribution in [0.2, 0.25) is 0 Å². The Hall–Kier alpha value is -2.54. The summed E-state index contributed by atoms with van der Waals surface area (Å²) < 4.78 is 10.8. The number of hydrogen-bond acceptors (Lipinski definition) is 5. The Morgan fingerprint density at radius 1 is 1.27 bits per heavy atom. The molecule has 7 nitrogen and oxygen atoms in total. The van der Waals surface area contributed by atoms with Crippen molar-refractivity contribution < 1.29 is 19.1 Å². The van der Waals surface area contributed by atoms with Crippen LogP contribution in [0.5, 0.6) is 5.75 Å². The molecular weight excluding hydrogens is 382 g/mol. The fourth-order valence-electron chi connectivity index (χ4n) is 4.31. The molecule has 7 heteroatoms. The number of carbonyl (C=O) groups is 2. The number of amides is 2. The molecule has 2 heterocycles. The minimum atomic E-state index is -0.579. The Bertz CT molecular complexity index is 807. The summed E-state index contributed by atoms with van der Waals surface area (Å²) in [6.07, 6.45) is 3.47. The lowest BCUT2D eigenvalue weighted by Crippen LogP contribution is -2.52. The molecule has 1 fully saturated rings. The molecule has 2 unspecified atom stereocenters. The maximum Gasteiger partial charge on any atom is 0.338 e. The standard InChI is InChI=1S/C23H33N3O4/c1-5-26-19(15-25-13-8-7-10-16(25)3)20(22(27)30-6-2)21(24-23(26)28)17-11-9-12-18(14-17)29-4/h9,11-12,14,16,21H,5-8,10,13,15H2,1-4H3,(H,24,28). The number of nitrogens with one attached hydrogen (secondary N) is 1. The summed E-state index contributed by atoms with van der Waals surface area (Å²) in [6.45, 7) is 8.21. The number of piperidine rings is 1. The Kier molecular flexibility index (Phi) is 7.37. The molecule has 0 aromatic heterocycles. The highest BCUT2D eigenvalue weighted by atomic mass is 16.5. The van der Waals surface area contributed by atoms with Gasteiger partial charge in [-0.25, -0.2) is 9.59 Å². The van der Waals surface area contributed by atoms with Gasteiger partial charge in [-0.15, -0.1) is 0 Å². The molecule has 2 amide bonds. The van der Waals surface area contributed by atoms with Crippen LogP contribution in [0.4, 0.5) is 4.79 Å². The van der Waals surface area contributed by atoms with Crippen LogP contribution in [0.15, 0.2) is 35.5 Å². The number of likely N-dealkylation sites (N-methyl/N-ethyl adjacent to an activating group) is 1. The number of hydrogen-bond donors (Lipinski definition) is 1. The minimum absolute atomic E-state index is 0.196. The van der Waals surface area contributed by atoms with E-state index in [4.69, 9.17) is 9.47 Å². The highest BCUT2D eigenvalue weighted by molar-refractivity contribution is 5.95. The van der Waals surface area contributed by atoms with Crippen molar-refractivity contribution in [2.45, 2.75) is 52.1 Å². The van der Waals surface area contributed by atoms with Crippen molar-refractivity contribution in [2.24, 2.45) is 0 Å². The fraction of sp³-hybridized carbons (Fsp3) is 0.565. The monoisotopic (exact) mass is 415 g/mol. The topological polar surface area (TPSA) is 71.1 Å². The molecular formula is C23H33N3O4. The first-order valence-electron chi connectivity index (χ1n) is 10.9. The number of urea groups is 1. The zero-order valence-corrected chi connectivity index (χ0v) is 18.4. The smallest absolute Gasteiger partial charge is 0.338 e. The molecule has 30 heavy (non-hydrogen) atoms. The predicted molar refractivity (Wildman–Crippen MR) is 115 cm³/mol. The molecule has 0 aliphatic carbocycles. The quantitative estimate of drug-likeness (QED) is 0.691. The van der Waals surface area contributed by atoms with Gasteiger partial charge in [0, 0.05) is 24.8 Å². The number of benzene rings is 1. The molecule has 0 spiro atoms. The fourth-order valence-corrected chi connectivity index (χ4v) is 4.31. The van der Waals surface area contributed by atoms with E-state index in [1.165, 1.54) is 6.42 Å². The second kappa shape index (κ2) is 9.98. The van der Waals surface area contributed by atoms with Gasteiger partial charge < -0.3 is 14.8 Å². The molecule has 0 radical (unpaired) electrons. The van der Waals surface area contributed by atoms with Crippen molar-refractivity contribution in [2.75, 3.05) is 33.4 Å². The van der Waals surface area contributed by atoms with E-state index in [0.29, 0.717) is 30.5 Å². The number of esters is 1. The maximum atomic E-state index is 13.1. The van der Waals surface area contributed by atoms with Crippen LogP contribution in [-0.4, -0.2) is 61.2 Å². The molecule has 2 atom stereocenters. The minimum Gasteiger partial charge on any atom is -0.497 e. The van der Waals surface area contributed by atoms with E-state index in [2.05, 4.69) is 17.1 Å². The molecule has 3 rings (SSSR count). The summed E-state index contributed by atoms with van der Waals surface area (Å²) in [5.41, 5.74) is 2.04. The summed E-state index contributed by atoms with van der Waals surface area (Å²) in [5.74, 6) is 0.289. The maximum absolute atomic E-state index is 13.1.